The number of allylic oxidation sites excluding steroid dienone is 3. The summed E-state index contributed by atoms with van der Waals surface area (Å²) in [5.41, 5.74) is 0. The molecule has 2 N–H and O–H groups in total. The fourth-order valence-electron chi connectivity index (χ4n) is 2.88. The van der Waals surface area contributed by atoms with Crippen molar-refractivity contribution in [2.45, 2.75) is 95.4 Å². The van der Waals surface area contributed by atoms with Gasteiger partial charge in [0.05, 0.1) is 6.42 Å². The maximum atomic E-state index is 11.3. The Bertz CT molecular complexity index is 537. The lowest BCUT2D eigenvalue weighted by molar-refractivity contribution is -0.573. The summed E-state index contributed by atoms with van der Waals surface area (Å²) >= 11 is 0. The molecule has 0 spiro atoms. The second-order valence-corrected chi connectivity index (χ2v) is 7.02. The zero-order valence-corrected chi connectivity index (χ0v) is 17.0. The molecule has 0 aromatic rings. The van der Waals surface area contributed by atoms with Crippen LogP contribution in [0.4, 0.5) is 0 Å². The Kier molecular flexibility index (Phi) is 15.6. The molecule has 0 aromatic heterocycles. The van der Waals surface area contributed by atoms with Gasteiger partial charge >= 0.3 is 0 Å². The largest absolute Gasteiger partial charge is 0.386 e. The number of rotatable bonds is 18. The van der Waals surface area contributed by atoms with E-state index in [0.29, 0.717) is 6.42 Å². The molecule has 0 rings (SSSR count). The van der Waals surface area contributed by atoms with Gasteiger partial charge in [0.2, 0.25) is 12.1 Å². The van der Waals surface area contributed by atoms with Gasteiger partial charge < -0.3 is 10.2 Å². The molecule has 0 aliphatic rings. The molecule has 29 heavy (non-hydrogen) atoms. The molecule has 1 radical (unpaired) electrons. The van der Waals surface area contributed by atoms with E-state index in [-0.39, 0.29) is 25.7 Å². The van der Waals surface area contributed by atoms with E-state index in [2.05, 4.69) is 13.0 Å². The van der Waals surface area contributed by atoms with Crippen LogP contribution in [0.5, 0.6) is 0 Å². The average Bonchev–Trinajstić information content (AvgIpc) is 2.66. The molecular formula is C20H33N2O7. The SMILES string of the molecule is CCCCC/C=C\C/C=C\CC(O)C(CC(C(O)CCC[C]=O)[N+](=O)[O-])[N+](=O)[O-]. The molecule has 4 atom stereocenters. The molecule has 0 aliphatic carbocycles. The third kappa shape index (κ3) is 12.8. The predicted octanol–water partition coefficient (Wildman–Crippen LogP) is 3.14. The van der Waals surface area contributed by atoms with E-state index in [1.165, 1.54) is 6.42 Å². The highest BCUT2D eigenvalue weighted by Crippen LogP contribution is 2.18. The first-order valence-corrected chi connectivity index (χ1v) is 10.1. The molecule has 9 nitrogen and oxygen atoms in total. The van der Waals surface area contributed by atoms with Gasteiger partial charge in [-0.3, -0.25) is 25.0 Å². The lowest BCUT2D eigenvalue weighted by atomic mass is 9.95. The third-order valence-corrected chi connectivity index (χ3v) is 4.65. The quantitative estimate of drug-likeness (QED) is 0.152. The van der Waals surface area contributed by atoms with Crippen LogP contribution in [0.3, 0.4) is 0 Å². The summed E-state index contributed by atoms with van der Waals surface area (Å²) in [6.07, 6.45) is 11.0. The fraction of sp³-hybridized carbons (Fsp3) is 0.750. The van der Waals surface area contributed by atoms with Crippen molar-refractivity contribution in [1.29, 1.82) is 0 Å². The van der Waals surface area contributed by atoms with E-state index in [1.807, 2.05) is 6.08 Å². The van der Waals surface area contributed by atoms with Crippen molar-refractivity contribution in [1.82, 2.24) is 0 Å². The van der Waals surface area contributed by atoms with Gasteiger partial charge in [-0.2, -0.15) is 0 Å². The van der Waals surface area contributed by atoms with Gasteiger partial charge in [0, 0.05) is 16.3 Å². The standard InChI is InChI=1S/C20H33N2O7/c1-2-3-4-5-6-7-8-9-10-13-19(24)17(21(26)27)16-18(22(28)29)20(25)14-11-12-15-23/h6-7,9-10,17-20,24-25H,2-5,8,11-14,16H2,1H3/b7-6-,10-9-. The number of hydrogen-bond donors (Lipinski definition) is 2. The van der Waals surface area contributed by atoms with Crippen LogP contribution in [0.15, 0.2) is 24.3 Å². The van der Waals surface area contributed by atoms with E-state index in [4.69, 9.17) is 0 Å². The van der Waals surface area contributed by atoms with Crippen molar-refractivity contribution in [2.24, 2.45) is 0 Å². The van der Waals surface area contributed by atoms with Gasteiger partial charge in [0.15, 0.2) is 6.29 Å². The number of carbonyl (C=O) groups excluding carboxylic acids is 1. The van der Waals surface area contributed by atoms with E-state index < -0.39 is 40.6 Å². The Morgan fingerprint density at radius 1 is 0.931 bits per heavy atom. The number of unbranched alkanes of at least 4 members (excludes halogenated alkanes) is 4. The van der Waals surface area contributed by atoms with E-state index in [1.54, 1.807) is 18.4 Å². The summed E-state index contributed by atoms with van der Waals surface area (Å²) in [7, 11) is 0. The first-order valence-electron chi connectivity index (χ1n) is 10.1. The number of aliphatic hydroxyl groups excluding tert-OH is 2. The Balaban J connectivity index is 4.64. The zero-order chi connectivity index (χ0) is 22.1. The first-order chi connectivity index (χ1) is 13.8. The summed E-state index contributed by atoms with van der Waals surface area (Å²) < 4.78 is 0. The van der Waals surface area contributed by atoms with Crippen molar-refractivity contribution in [3.05, 3.63) is 44.5 Å². The Morgan fingerprint density at radius 3 is 2.14 bits per heavy atom. The van der Waals surface area contributed by atoms with Crippen molar-refractivity contribution >= 4 is 6.29 Å². The summed E-state index contributed by atoms with van der Waals surface area (Å²) in [5, 5.41) is 42.6. The van der Waals surface area contributed by atoms with Gasteiger partial charge in [0.25, 0.3) is 0 Å². The van der Waals surface area contributed by atoms with Crippen molar-refractivity contribution < 1.29 is 24.9 Å². The van der Waals surface area contributed by atoms with Crippen molar-refractivity contribution in [3.8, 4) is 0 Å². The maximum Gasteiger partial charge on any atom is 0.245 e. The van der Waals surface area contributed by atoms with Gasteiger partial charge in [-0.05, 0) is 38.5 Å². The molecule has 4 unspecified atom stereocenters. The van der Waals surface area contributed by atoms with Gasteiger partial charge in [-0.25, -0.2) is 0 Å². The number of hydrogen-bond acceptors (Lipinski definition) is 7. The Labute approximate surface area is 171 Å². The monoisotopic (exact) mass is 413 g/mol. The van der Waals surface area contributed by atoms with Crippen LogP contribution >= 0.6 is 0 Å². The van der Waals surface area contributed by atoms with Crippen molar-refractivity contribution in [3.63, 3.8) is 0 Å². The van der Waals surface area contributed by atoms with Crippen LogP contribution in [-0.4, -0.2) is 50.6 Å². The molecule has 0 saturated heterocycles. The van der Waals surface area contributed by atoms with Crippen LogP contribution in [-0.2, 0) is 4.79 Å². The minimum atomic E-state index is -1.58. The second-order valence-electron chi connectivity index (χ2n) is 7.02. The predicted molar refractivity (Wildman–Crippen MR) is 109 cm³/mol. The zero-order valence-electron chi connectivity index (χ0n) is 17.0. The van der Waals surface area contributed by atoms with E-state index >= 15 is 0 Å². The molecule has 165 valence electrons. The fourth-order valence-corrected chi connectivity index (χ4v) is 2.88. The molecule has 0 heterocycles. The summed E-state index contributed by atoms with van der Waals surface area (Å²) in [5.74, 6) is 0. The molecular weight excluding hydrogens is 380 g/mol. The lowest BCUT2D eigenvalue weighted by Gasteiger charge is -2.20. The highest BCUT2D eigenvalue weighted by atomic mass is 16.6. The first kappa shape index (κ1) is 26.9. The molecule has 0 fully saturated rings. The average molecular weight is 413 g/mol. The Morgan fingerprint density at radius 2 is 1.55 bits per heavy atom. The minimum absolute atomic E-state index is 0.00402. The van der Waals surface area contributed by atoms with Crippen LogP contribution in [0, 0.1) is 20.2 Å². The van der Waals surface area contributed by atoms with Crippen LogP contribution in [0.25, 0.3) is 0 Å². The third-order valence-electron chi connectivity index (χ3n) is 4.65. The number of nitro groups is 2. The molecule has 0 aliphatic heterocycles. The second kappa shape index (κ2) is 16.8. The van der Waals surface area contributed by atoms with Crippen LogP contribution < -0.4 is 0 Å². The molecule has 0 saturated carbocycles. The molecule has 9 heteroatoms. The highest BCUT2D eigenvalue weighted by Gasteiger charge is 2.40. The normalized spacial score (nSPS) is 16.0. The van der Waals surface area contributed by atoms with Gasteiger partial charge in [-0.15, -0.1) is 0 Å². The Hall–Kier alpha value is -2.13. The summed E-state index contributed by atoms with van der Waals surface area (Å²) in [6.45, 7) is 2.14. The topological polar surface area (TPSA) is 144 Å². The van der Waals surface area contributed by atoms with E-state index in [9.17, 15) is 35.2 Å². The lowest BCUT2D eigenvalue weighted by Crippen LogP contribution is -2.43. The molecule has 0 bridgehead atoms. The minimum Gasteiger partial charge on any atom is -0.386 e. The maximum absolute atomic E-state index is 11.3. The molecule has 0 amide bonds. The molecule has 0 aromatic carbocycles. The van der Waals surface area contributed by atoms with E-state index in [0.717, 1.165) is 19.3 Å². The van der Waals surface area contributed by atoms with Crippen LogP contribution in [0.2, 0.25) is 0 Å². The number of aliphatic hydroxyl groups is 2. The number of nitrogens with zero attached hydrogens (tertiary/aromatic N) is 2. The smallest absolute Gasteiger partial charge is 0.245 e. The highest BCUT2D eigenvalue weighted by molar-refractivity contribution is 5.50. The van der Waals surface area contributed by atoms with Crippen molar-refractivity contribution in [2.75, 3.05) is 0 Å². The van der Waals surface area contributed by atoms with Gasteiger partial charge in [-0.1, -0.05) is 44.1 Å². The summed E-state index contributed by atoms with van der Waals surface area (Å²) in [6, 6.07) is -3.14. The van der Waals surface area contributed by atoms with Gasteiger partial charge in [0.1, 0.15) is 12.2 Å². The van der Waals surface area contributed by atoms with Crippen LogP contribution in [0.1, 0.15) is 71.1 Å². The summed E-state index contributed by atoms with van der Waals surface area (Å²) in [4.78, 5) is 31.2.